The van der Waals surface area contributed by atoms with Gasteiger partial charge in [0.15, 0.2) is 0 Å². The predicted molar refractivity (Wildman–Crippen MR) is 73.8 cm³/mol. The van der Waals surface area contributed by atoms with Crippen LogP contribution in [0.1, 0.15) is 12.0 Å². The van der Waals surface area contributed by atoms with Crippen LogP contribution in [-0.4, -0.2) is 24.6 Å². The van der Waals surface area contributed by atoms with Crippen molar-refractivity contribution in [1.29, 1.82) is 0 Å². The third-order valence-electron chi connectivity index (χ3n) is 2.75. The first-order valence-electron chi connectivity index (χ1n) is 6.19. The second kappa shape index (κ2) is 6.58. The minimum absolute atomic E-state index is 0.141. The number of nitrogens with zero attached hydrogens (tertiary/aromatic N) is 1. The highest BCUT2D eigenvalue weighted by atomic mass is 16.5. The highest BCUT2D eigenvalue weighted by molar-refractivity contribution is 5.94. The summed E-state index contributed by atoms with van der Waals surface area (Å²) >= 11 is 0. The van der Waals surface area contributed by atoms with Crippen LogP contribution in [0.3, 0.4) is 0 Å². The lowest BCUT2D eigenvalue weighted by molar-refractivity contribution is 0.144. The van der Waals surface area contributed by atoms with Crippen LogP contribution in [0.2, 0.25) is 0 Å². The Labute approximate surface area is 112 Å². The molecule has 0 saturated heterocycles. The van der Waals surface area contributed by atoms with E-state index >= 15 is 0 Å². The second-order valence-corrected chi connectivity index (χ2v) is 4.19. The van der Waals surface area contributed by atoms with Crippen molar-refractivity contribution in [3.05, 3.63) is 48.6 Å². The molecular formula is C14H17N3O2. The Morgan fingerprint density at radius 1 is 1.53 bits per heavy atom. The van der Waals surface area contributed by atoms with Gasteiger partial charge in [0.1, 0.15) is 6.61 Å². The number of aliphatic imine (C=N–C) groups is 1. The van der Waals surface area contributed by atoms with Gasteiger partial charge >= 0.3 is 6.09 Å². The van der Waals surface area contributed by atoms with Crippen molar-refractivity contribution in [3.63, 3.8) is 0 Å². The molecule has 1 atom stereocenters. The lowest BCUT2D eigenvalue weighted by Crippen LogP contribution is -2.48. The summed E-state index contributed by atoms with van der Waals surface area (Å²) in [6.45, 7) is 4.62. The number of carbonyl (C=O) groups is 1. The fourth-order valence-electron chi connectivity index (χ4n) is 1.72. The Balaban J connectivity index is 1.78. The fourth-order valence-corrected chi connectivity index (χ4v) is 1.72. The van der Waals surface area contributed by atoms with Crippen LogP contribution in [0.15, 0.2) is 48.0 Å². The quantitative estimate of drug-likeness (QED) is 0.814. The molecule has 0 spiro atoms. The summed E-state index contributed by atoms with van der Waals surface area (Å²) < 4.78 is 5.10. The number of alkyl carbamates (subject to hydrolysis) is 1. The number of hydrogen-bond donors (Lipinski definition) is 2. The van der Waals surface area contributed by atoms with E-state index in [0.29, 0.717) is 12.5 Å². The molecule has 0 aliphatic carbocycles. The Hall–Kier alpha value is -2.30. The largest absolute Gasteiger partial charge is 0.444 e. The molecule has 1 aromatic rings. The van der Waals surface area contributed by atoms with Crippen LogP contribution in [0.25, 0.3) is 0 Å². The molecule has 0 fully saturated rings. The van der Waals surface area contributed by atoms with Gasteiger partial charge in [0.25, 0.3) is 0 Å². The zero-order valence-corrected chi connectivity index (χ0v) is 10.6. The van der Waals surface area contributed by atoms with E-state index in [1.54, 1.807) is 6.08 Å². The Morgan fingerprint density at radius 2 is 2.32 bits per heavy atom. The molecule has 0 radical (unpaired) electrons. The van der Waals surface area contributed by atoms with Crippen molar-refractivity contribution in [2.24, 2.45) is 4.99 Å². The first-order valence-corrected chi connectivity index (χ1v) is 6.19. The number of guanidine groups is 1. The molecule has 1 unspecified atom stereocenters. The number of benzene rings is 1. The van der Waals surface area contributed by atoms with Gasteiger partial charge in [-0.3, -0.25) is 10.3 Å². The van der Waals surface area contributed by atoms with E-state index in [0.717, 1.165) is 12.0 Å². The lowest BCUT2D eigenvalue weighted by atomic mass is 10.2. The lowest BCUT2D eigenvalue weighted by Gasteiger charge is -2.21. The van der Waals surface area contributed by atoms with Gasteiger partial charge in [-0.05, 0) is 12.0 Å². The summed E-state index contributed by atoms with van der Waals surface area (Å²) in [6.07, 6.45) is 2.17. The zero-order chi connectivity index (χ0) is 13.5. The van der Waals surface area contributed by atoms with Crippen LogP contribution in [0.5, 0.6) is 0 Å². The van der Waals surface area contributed by atoms with Gasteiger partial charge in [-0.1, -0.05) is 36.4 Å². The van der Waals surface area contributed by atoms with Crippen LogP contribution < -0.4 is 10.6 Å². The van der Waals surface area contributed by atoms with Crippen molar-refractivity contribution >= 4 is 12.1 Å². The number of rotatable bonds is 3. The number of amides is 1. The van der Waals surface area contributed by atoms with Crippen molar-refractivity contribution in [1.82, 2.24) is 10.6 Å². The van der Waals surface area contributed by atoms with E-state index in [-0.39, 0.29) is 12.6 Å². The summed E-state index contributed by atoms with van der Waals surface area (Å²) in [4.78, 5) is 15.8. The predicted octanol–water partition coefficient (Wildman–Crippen LogP) is 1.82. The van der Waals surface area contributed by atoms with Gasteiger partial charge in [0.2, 0.25) is 5.96 Å². The molecule has 1 amide bonds. The normalized spacial score (nSPS) is 17.9. The van der Waals surface area contributed by atoms with Crippen LogP contribution in [0.4, 0.5) is 4.79 Å². The molecule has 2 N–H and O–H groups in total. The fraction of sp³-hybridized carbons (Fsp3) is 0.286. The third kappa shape index (κ3) is 4.13. The maximum Gasteiger partial charge on any atom is 0.414 e. The topological polar surface area (TPSA) is 62.7 Å². The van der Waals surface area contributed by atoms with Crippen molar-refractivity contribution in [2.45, 2.75) is 19.1 Å². The molecule has 5 heteroatoms. The molecular weight excluding hydrogens is 242 g/mol. The van der Waals surface area contributed by atoms with Crippen LogP contribution in [0, 0.1) is 0 Å². The molecule has 1 aliphatic rings. The smallest absolute Gasteiger partial charge is 0.414 e. The number of hydrogen-bond acceptors (Lipinski definition) is 4. The van der Waals surface area contributed by atoms with Gasteiger partial charge in [-0.15, -0.1) is 6.58 Å². The molecule has 1 aromatic carbocycles. The molecule has 19 heavy (non-hydrogen) atoms. The van der Waals surface area contributed by atoms with Crippen molar-refractivity contribution in [2.75, 3.05) is 6.54 Å². The molecule has 100 valence electrons. The second-order valence-electron chi connectivity index (χ2n) is 4.19. The van der Waals surface area contributed by atoms with Gasteiger partial charge in [-0.25, -0.2) is 4.79 Å². The average Bonchev–Trinajstić information content (AvgIpc) is 2.46. The molecule has 0 bridgehead atoms. The van der Waals surface area contributed by atoms with Crippen LogP contribution >= 0.6 is 0 Å². The van der Waals surface area contributed by atoms with Gasteiger partial charge in [-0.2, -0.15) is 0 Å². The van der Waals surface area contributed by atoms with E-state index in [9.17, 15) is 4.79 Å². The Morgan fingerprint density at radius 3 is 3.05 bits per heavy atom. The summed E-state index contributed by atoms with van der Waals surface area (Å²) in [5.41, 5.74) is 0.945. The molecule has 1 aliphatic heterocycles. The van der Waals surface area contributed by atoms with Gasteiger partial charge < -0.3 is 10.1 Å². The summed E-state index contributed by atoms with van der Waals surface area (Å²) in [5.74, 6) is 0.439. The Bertz CT molecular complexity index is 471. The van der Waals surface area contributed by atoms with Gasteiger partial charge in [0, 0.05) is 12.6 Å². The van der Waals surface area contributed by atoms with E-state index < -0.39 is 6.09 Å². The maximum absolute atomic E-state index is 11.6. The average molecular weight is 259 g/mol. The van der Waals surface area contributed by atoms with Crippen LogP contribution in [-0.2, 0) is 11.3 Å². The summed E-state index contributed by atoms with van der Waals surface area (Å²) in [5, 5.41) is 5.64. The molecule has 5 nitrogen and oxygen atoms in total. The first kappa shape index (κ1) is 13.1. The highest BCUT2D eigenvalue weighted by Crippen LogP contribution is 2.02. The minimum atomic E-state index is -0.514. The SMILES string of the molecule is C=CC1CCN=C(NC(=O)OCc2ccccc2)N1. The number of carbonyl (C=O) groups excluding carboxylic acids is 1. The van der Waals surface area contributed by atoms with Crippen molar-refractivity contribution in [3.8, 4) is 0 Å². The molecule has 2 rings (SSSR count). The van der Waals surface area contributed by atoms with Gasteiger partial charge in [0.05, 0.1) is 0 Å². The monoisotopic (exact) mass is 259 g/mol. The van der Waals surface area contributed by atoms with E-state index in [2.05, 4.69) is 22.2 Å². The zero-order valence-electron chi connectivity index (χ0n) is 10.6. The third-order valence-corrected chi connectivity index (χ3v) is 2.75. The highest BCUT2D eigenvalue weighted by Gasteiger charge is 2.14. The summed E-state index contributed by atoms with van der Waals surface area (Å²) in [7, 11) is 0. The molecule has 1 heterocycles. The summed E-state index contributed by atoms with van der Waals surface area (Å²) in [6, 6.07) is 9.66. The van der Waals surface area contributed by atoms with Crippen molar-refractivity contribution < 1.29 is 9.53 Å². The van der Waals surface area contributed by atoms with E-state index in [1.807, 2.05) is 30.3 Å². The van der Waals surface area contributed by atoms with E-state index in [4.69, 9.17) is 4.74 Å². The maximum atomic E-state index is 11.6. The number of ether oxygens (including phenoxy) is 1. The standard InChI is InChI=1S/C14H17N3O2/c1-2-12-8-9-15-13(16-12)17-14(18)19-10-11-6-4-3-5-7-11/h2-7,12H,1,8-10H2,(H2,15,16,17,18). The number of nitrogens with one attached hydrogen (secondary N) is 2. The molecule has 0 aromatic heterocycles. The van der Waals surface area contributed by atoms with E-state index in [1.165, 1.54) is 0 Å². The minimum Gasteiger partial charge on any atom is -0.444 e. The first-order chi connectivity index (χ1) is 9.28. The molecule has 0 saturated carbocycles. The Kier molecular flexibility index (Phi) is 4.55.